The lowest BCUT2D eigenvalue weighted by molar-refractivity contribution is -0.126. The highest BCUT2D eigenvalue weighted by Crippen LogP contribution is 2.30. The maximum atomic E-state index is 13.1. The largest absolute Gasteiger partial charge is 0.382 e. The molecule has 4 N–H and O–H groups in total. The van der Waals surface area contributed by atoms with E-state index in [2.05, 4.69) is 76.2 Å². The second-order valence-corrected chi connectivity index (χ2v) is 9.08. The minimum absolute atomic E-state index is 0.0756. The van der Waals surface area contributed by atoms with E-state index in [-0.39, 0.29) is 17.9 Å². The van der Waals surface area contributed by atoms with Gasteiger partial charge in [-0.1, -0.05) is 73.9 Å². The van der Waals surface area contributed by atoms with Crippen molar-refractivity contribution in [1.82, 2.24) is 15.5 Å². The third-order valence-electron chi connectivity index (χ3n) is 6.79. The molecule has 0 saturated heterocycles. The highest BCUT2D eigenvalue weighted by molar-refractivity contribution is 5.91. The standard InChI is InChI=1S/C28H30N4O/c29-27-24-15-14-22(18-26(24)31-32-27)21-12-7-13-23(17-21)25(16-19-8-3-1-4-9-19)30-28(33)20-10-5-2-6-11-20/h1,3-4,7-9,12-15,17-18,20,25H,2,5-6,10-11,16H2,(H,30,33)(H3,29,31,32). The quantitative estimate of drug-likeness (QED) is 0.356. The number of carbonyl (C=O) groups excluding carboxylic acids is 1. The average Bonchev–Trinajstić information content (AvgIpc) is 3.25. The summed E-state index contributed by atoms with van der Waals surface area (Å²) in [5, 5.41) is 11.4. The molecule has 1 aliphatic rings. The molecule has 5 nitrogen and oxygen atoms in total. The van der Waals surface area contributed by atoms with E-state index in [4.69, 9.17) is 5.73 Å². The predicted molar refractivity (Wildman–Crippen MR) is 134 cm³/mol. The molecule has 33 heavy (non-hydrogen) atoms. The highest BCUT2D eigenvalue weighted by Gasteiger charge is 2.24. The summed E-state index contributed by atoms with van der Waals surface area (Å²) < 4.78 is 0. The van der Waals surface area contributed by atoms with Gasteiger partial charge in [0, 0.05) is 11.3 Å². The summed E-state index contributed by atoms with van der Waals surface area (Å²) in [7, 11) is 0. The summed E-state index contributed by atoms with van der Waals surface area (Å²) >= 11 is 0. The smallest absolute Gasteiger partial charge is 0.223 e. The monoisotopic (exact) mass is 438 g/mol. The Morgan fingerprint density at radius 3 is 2.58 bits per heavy atom. The maximum absolute atomic E-state index is 13.1. The van der Waals surface area contributed by atoms with Crippen molar-refractivity contribution in [2.45, 2.75) is 44.6 Å². The van der Waals surface area contributed by atoms with Crippen LogP contribution in [-0.2, 0) is 11.2 Å². The van der Waals surface area contributed by atoms with E-state index in [1.807, 2.05) is 12.1 Å². The lowest BCUT2D eigenvalue weighted by atomic mass is 9.88. The number of aromatic nitrogens is 2. The van der Waals surface area contributed by atoms with Crippen LogP contribution < -0.4 is 11.1 Å². The molecule has 1 unspecified atom stereocenters. The second kappa shape index (κ2) is 9.49. The molecular formula is C28H30N4O. The number of benzene rings is 3. The van der Waals surface area contributed by atoms with Crippen molar-refractivity contribution >= 4 is 22.6 Å². The van der Waals surface area contributed by atoms with Crippen LogP contribution in [0.1, 0.15) is 49.3 Å². The number of fused-ring (bicyclic) bond motifs is 1. The number of hydrogen-bond donors (Lipinski definition) is 3. The summed E-state index contributed by atoms with van der Waals surface area (Å²) in [6.45, 7) is 0. The molecule has 0 radical (unpaired) electrons. The number of rotatable bonds is 6. The van der Waals surface area contributed by atoms with Crippen molar-refractivity contribution in [1.29, 1.82) is 0 Å². The fourth-order valence-electron chi connectivity index (χ4n) is 4.91. The molecule has 1 aliphatic carbocycles. The van der Waals surface area contributed by atoms with Gasteiger partial charge in [-0.2, -0.15) is 5.10 Å². The fourth-order valence-corrected chi connectivity index (χ4v) is 4.91. The third-order valence-corrected chi connectivity index (χ3v) is 6.79. The van der Waals surface area contributed by atoms with Crippen LogP contribution in [-0.4, -0.2) is 16.1 Å². The Kier molecular flexibility index (Phi) is 6.11. The van der Waals surface area contributed by atoms with Crippen LogP contribution >= 0.6 is 0 Å². The minimum atomic E-state index is -0.0756. The van der Waals surface area contributed by atoms with Gasteiger partial charge in [-0.05, 0) is 59.7 Å². The Hall–Kier alpha value is -3.60. The first-order valence-electron chi connectivity index (χ1n) is 11.9. The van der Waals surface area contributed by atoms with E-state index in [1.165, 1.54) is 12.0 Å². The Morgan fingerprint density at radius 2 is 1.76 bits per heavy atom. The molecule has 1 fully saturated rings. The van der Waals surface area contributed by atoms with Gasteiger partial charge in [-0.3, -0.25) is 9.89 Å². The molecule has 4 aromatic rings. The van der Waals surface area contributed by atoms with Crippen molar-refractivity contribution in [3.63, 3.8) is 0 Å². The van der Waals surface area contributed by atoms with Gasteiger partial charge in [0.15, 0.2) is 5.82 Å². The molecule has 1 amide bonds. The molecule has 1 aromatic heterocycles. The molecule has 5 rings (SSSR count). The normalized spacial score (nSPS) is 15.4. The Bertz CT molecular complexity index is 1240. The first kappa shape index (κ1) is 21.3. The Labute approximate surface area is 194 Å². The number of nitrogens with one attached hydrogen (secondary N) is 2. The number of aromatic amines is 1. The first-order chi connectivity index (χ1) is 16.2. The summed E-state index contributed by atoms with van der Waals surface area (Å²) in [6, 6.07) is 24.9. The molecular weight excluding hydrogens is 408 g/mol. The molecule has 5 heteroatoms. The SMILES string of the molecule is Nc1n[nH]c2cc(-c3cccc(C(Cc4ccccc4)NC(=O)C4CCCCC4)c3)ccc12. The zero-order valence-corrected chi connectivity index (χ0v) is 18.8. The van der Waals surface area contributed by atoms with Crippen LogP contribution in [0.3, 0.4) is 0 Å². The van der Waals surface area contributed by atoms with Crippen LogP contribution in [0.2, 0.25) is 0 Å². The van der Waals surface area contributed by atoms with Gasteiger partial charge < -0.3 is 11.1 Å². The molecule has 1 atom stereocenters. The number of anilines is 1. The molecule has 168 valence electrons. The summed E-state index contributed by atoms with van der Waals surface area (Å²) in [5.41, 5.74) is 11.4. The van der Waals surface area contributed by atoms with Gasteiger partial charge in [-0.15, -0.1) is 0 Å². The van der Waals surface area contributed by atoms with Crippen molar-refractivity contribution in [2.24, 2.45) is 5.92 Å². The van der Waals surface area contributed by atoms with Gasteiger partial charge in [0.05, 0.1) is 11.6 Å². The molecule has 3 aromatic carbocycles. The number of amides is 1. The average molecular weight is 439 g/mol. The molecule has 1 saturated carbocycles. The van der Waals surface area contributed by atoms with Gasteiger partial charge in [0.2, 0.25) is 5.91 Å². The molecule has 0 aliphatic heterocycles. The van der Waals surface area contributed by atoms with E-state index in [0.29, 0.717) is 5.82 Å². The van der Waals surface area contributed by atoms with Crippen LogP contribution in [0, 0.1) is 5.92 Å². The molecule has 0 spiro atoms. The van der Waals surface area contributed by atoms with Crippen LogP contribution in [0.5, 0.6) is 0 Å². The summed E-state index contributed by atoms with van der Waals surface area (Å²) in [5.74, 6) is 0.836. The van der Waals surface area contributed by atoms with E-state index in [9.17, 15) is 4.79 Å². The van der Waals surface area contributed by atoms with Gasteiger partial charge in [0.1, 0.15) is 0 Å². The number of nitrogens with two attached hydrogens (primary N) is 1. The van der Waals surface area contributed by atoms with Crippen LogP contribution in [0.25, 0.3) is 22.0 Å². The lowest BCUT2D eigenvalue weighted by Crippen LogP contribution is -2.35. The third kappa shape index (κ3) is 4.77. The summed E-state index contributed by atoms with van der Waals surface area (Å²) in [6.07, 6.45) is 6.30. The fraction of sp³-hybridized carbons (Fsp3) is 0.286. The number of carbonyl (C=O) groups is 1. The number of H-pyrrole nitrogens is 1. The van der Waals surface area contributed by atoms with E-state index in [1.54, 1.807) is 0 Å². The van der Waals surface area contributed by atoms with E-state index < -0.39 is 0 Å². The van der Waals surface area contributed by atoms with Crippen molar-refractivity contribution in [2.75, 3.05) is 5.73 Å². The molecule has 0 bridgehead atoms. The first-order valence-corrected chi connectivity index (χ1v) is 11.9. The minimum Gasteiger partial charge on any atom is -0.382 e. The predicted octanol–water partition coefficient (Wildman–Crippen LogP) is 5.79. The van der Waals surface area contributed by atoms with E-state index in [0.717, 1.165) is 59.7 Å². The maximum Gasteiger partial charge on any atom is 0.223 e. The van der Waals surface area contributed by atoms with Crippen LogP contribution in [0.15, 0.2) is 72.8 Å². The number of nitrogens with zero attached hydrogens (tertiary/aromatic N) is 1. The Balaban J connectivity index is 1.45. The molecule has 1 heterocycles. The van der Waals surface area contributed by atoms with E-state index >= 15 is 0 Å². The zero-order chi connectivity index (χ0) is 22.6. The van der Waals surface area contributed by atoms with Gasteiger partial charge in [-0.25, -0.2) is 0 Å². The lowest BCUT2D eigenvalue weighted by Gasteiger charge is -2.26. The topological polar surface area (TPSA) is 83.8 Å². The number of nitrogen functional groups attached to an aromatic ring is 1. The zero-order valence-electron chi connectivity index (χ0n) is 18.8. The second-order valence-electron chi connectivity index (χ2n) is 9.08. The highest BCUT2D eigenvalue weighted by atomic mass is 16.1. The van der Waals surface area contributed by atoms with Crippen molar-refractivity contribution in [3.8, 4) is 11.1 Å². The number of hydrogen-bond acceptors (Lipinski definition) is 3. The van der Waals surface area contributed by atoms with Crippen molar-refractivity contribution < 1.29 is 4.79 Å². The van der Waals surface area contributed by atoms with Gasteiger partial charge in [0.25, 0.3) is 0 Å². The van der Waals surface area contributed by atoms with Crippen molar-refractivity contribution in [3.05, 3.63) is 83.9 Å². The van der Waals surface area contributed by atoms with Crippen LogP contribution in [0.4, 0.5) is 5.82 Å². The Morgan fingerprint density at radius 1 is 0.970 bits per heavy atom. The summed E-state index contributed by atoms with van der Waals surface area (Å²) in [4.78, 5) is 13.1. The van der Waals surface area contributed by atoms with Gasteiger partial charge >= 0.3 is 0 Å².